The summed E-state index contributed by atoms with van der Waals surface area (Å²) in [5.74, 6) is 0.591. The summed E-state index contributed by atoms with van der Waals surface area (Å²) in [6, 6.07) is 9.79. The third-order valence-corrected chi connectivity index (χ3v) is 9.43. The Morgan fingerprint density at radius 1 is 0.970 bits per heavy atom. The highest BCUT2D eigenvalue weighted by Crippen LogP contribution is 2.59. The molecule has 4 saturated carbocycles. The molecular formula is C31H46O2. The molecule has 1 aromatic carbocycles. The molecule has 0 unspecified atom stereocenters. The SMILES string of the molecule is C/C=C/CCC(=O)OC1CCC(c2ccc(C34CCC(CCCCC)(CC3)CC4)cc2)CC1. The first-order valence-corrected chi connectivity index (χ1v) is 14.0. The van der Waals surface area contributed by atoms with E-state index in [0.29, 0.717) is 23.2 Å². The van der Waals surface area contributed by atoms with Crippen molar-refractivity contribution in [2.75, 3.05) is 0 Å². The highest BCUT2D eigenvalue weighted by Gasteiger charge is 2.48. The summed E-state index contributed by atoms with van der Waals surface area (Å²) >= 11 is 0. The zero-order valence-corrected chi connectivity index (χ0v) is 21.2. The van der Waals surface area contributed by atoms with Crippen molar-refractivity contribution in [1.29, 1.82) is 0 Å². The molecule has 0 saturated heterocycles. The lowest BCUT2D eigenvalue weighted by molar-refractivity contribution is -0.150. The van der Waals surface area contributed by atoms with Gasteiger partial charge in [-0.2, -0.15) is 0 Å². The van der Waals surface area contributed by atoms with Gasteiger partial charge in [0.2, 0.25) is 0 Å². The molecule has 0 radical (unpaired) electrons. The Morgan fingerprint density at radius 2 is 1.64 bits per heavy atom. The minimum atomic E-state index is -0.0329. The number of unbranched alkanes of at least 4 members (excludes halogenated alkanes) is 2. The molecule has 33 heavy (non-hydrogen) atoms. The molecule has 0 spiro atoms. The van der Waals surface area contributed by atoms with Crippen LogP contribution in [0.15, 0.2) is 36.4 Å². The number of allylic oxidation sites excluding steroid dienone is 2. The van der Waals surface area contributed by atoms with Crippen LogP contribution in [0.3, 0.4) is 0 Å². The Morgan fingerprint density at radius 3 is 2.24 bits per heavy atom. The molecule has 2 bridgehead atoms. The first-order valence-electron chi connectivity index (χ1n) is 14.0. The van der Waals surface area contributed by atoms with Crippen LogP contribution in [-0.4, -0.2) is 12.1 Å². The van der Waals surface area contributed by atoms with Crippen LogP contribution in [0.1, 0.15) is 134 Å². The number of benzene rings is 1. The van der Waals surface area contributed by atoms with Gasteiger partial charge in [-0.05, 0) is 112 Å². The van der Waals surface area contributed by atoms with Gasteiger partial charge in [0.1, 0.15) is 6.10 Å². The van der Waals surface area contributed by atoms with Crippen molar-refractivity contribution in [3.8, 4) is 0 Å². The second kappa shape index (κ2) is 11.2. The van der Waals surface area contributed by atoms with E-state index >= 15 is 0 Å². The fourth-order valence-corrected chi connectivity index (χ4v) is 7.06. The first kappa shape index (κ1) is 24.6. The van der Waals surface area contributed by atoms with E-state index < -0.39 is 0 Å². The Hall–Kier alpha value is -1.57. The summed E-state index contributed by atoms with van der Waals surface area (Å²) in [6.07, 6.45) is 24.0. The van der Waals surface area contributed by atoms with Gasteiger partial charge in [-0.3, -0.25) is 4.79 Å². The van der Waals surface area contributed by atoms with Gasteiger partial charge in [-0.15, -0.1) is 0 Å². The van der Waals surface area contributed by atoms with Crippen LogP contribution in [0.2, 0.25) is 0 Å². The van der Waals surface area contributed by atoms with E-state index in [1.165, 1.54) is 69.8 Å². The lowest BCUT2D eigenvalue weighted by Crippen LogP contribution is -2.44. The minimum Gasteiger partial charge on any atom is -0.462 e. The number of esters is 1. The number of rotatable bonds is 10. The molecule has 4 fully saturated rings. The van der Waals surface area contributed by atoms with Crippen molar-refractivity contribution in [2.45, 2.75) is 134 Å². The molecule has 0 amide bonds. The zero-order valence-electron chi connectivity index (χ0n) is 21.2. The van der Waals surface area contributed by atoms with Gasteiger partial charge in [0.05, 0.1) is 0 Å². The van der Waals surface area contributed by atoms with E-state index in [1.807, 2.05) is 19.1 Å². The summed E-state index contributed by atoms with van der Waals surface area (Å²) in [7, 11) is 0. The highest BCUT2D eigenvalue weighted by molar-refractivity contribution is 5.69. The quantitative estimate of drug-likeness (QED) is 0.202. The molecule has 0 heterocycles. The smallest absolute Gasteiger partial charge is 0.306 e. The first-order chi connectivity index (χ1) is 16.1. The Bertz CT molecular complexity index is 757. The van der Waals surface area contributed by atoms with Crippen molar-refractivity contribution >= 4 is 5.97 Å². The van der Waals surface area contributed by atoms with Gasteiger partial charge in [-0.1, -0.05) is 62.6 Å². The molecule has 0 N–H and O–H groups in total. The van der Waals surface area contributed by atoms with Crippen molar-refractivity contribution in [3.05, 3.63) is 47.5 Å². The van der Waals surface area contributed by atoms with Gasteiger partial charge < -0.3 is 4.74 Å². The van der Waals surface area contributed by atoms with Gasteiger partial charge in [0, 0.05) is 6.42 Å². The van der Waals surface area contributed by atoms with Crippen molar-refractivity contribution in [3.63, 3.8) is 0 Å². The van der Waals surface area contributed by atoms with Gasteiger partial charge in [0.25, 0.3) is 0 Å². The monoisotopic (exact) mass is 450 g/mol. The Labute approximate surface area is 202 Å². The van der Waals surface area contributed by atoms with E-state index in [4.69, 9.17) is 4.74 Å². The summed E-state index contributed by atoms with van der Waals surface area (Å²) in [5.41, 5.74) is 4.25. The zero-order chi connectivity index (χ0) is 23.2. The van der Waals surface area contributed by atoms with Crippen LogP contribution >= 0.6 is 0 Å². The number of carbonyl (C=O) groups excluding carboxylic acids is 1. The fourth-order valence-electron chi connectivity index (χ4n) is 7.06. The molecule has 4 aliphatic rings. The summed E-state index contributed by atoms with van der Waals surface area (Å²) in [4.78, 5) is 12.0. The average molecular weight is 451 g/mol. The molecule has 0 aromatic heterocycles. The molecular weight excluding hydrogens is 404 g/mol. The maximum atomic E-state index is 12.0. The van der Waals surface area contributed by atoms with Crippen molar-refractivity contribution in [2.24, 2.45) is 5.41 Å². The van der Waals surface area contributed by atoms with Crippen molar-refractivity contribution < 1.29 is 9.53 Å². The standard InChI is InChI=1S/C31H46O2/c1-3-5-7-9-29(32)33-28-16-12-26(13-17-28)25-10-14-27(15-11-25)31-22-19-30(20-23-31,21-24-31)18-8-6-4-2/h3,5,10-11,14-15,26,28H,4,6-9,12-13,16-24H2,1-2H3/b5-3+. The molecule has 0 atom stereocenters. The third kappa shape index (κ3) is 5.92. The second-order valence-corrected chi connectivity index (χ2v) is 11.4. The predicted molar refractivity (Wildman–Crippen MR) is 138 cm³/mol. The molecule has 1 aromatic rings. The average Bonchev–Trinajstić information content (AvgIpc) is 2.86. The van der Waals surface area contributed by atoms with Crippen LogP contribution in [-0.2, 0) is 14.9 Å². The molecule has 5 rings (SSSR count). The fraction of sp³-hybridized carbons (Fsp3) is 0.710. The summed E-state index contributed by atoms with van der Waals surface area (Å²) in [6.45, 7) is 4.31. The van der Waals surface area contributed by atoms with Gasteiger partial charge >= 0.3 is 5.97 Å². The number of fused-ring (bicyclic) bond motifs is 3. The van der Waals surface area contributed by atoms with E-state index in [1.54, 1.807) is 5.56 Å². The van der Waals surface area contributed by atoms with Crippen LogP contribution in [0.5, 0.6) is 0 Å². The number of carbonyl (C=O) groups is 1. The van der Waals surface area contributed by atoms with Crippen LogP contribution < -0.4 is 0 Å². The lowest BCUT2D eigenvalue weighted by Gasteiger charge is -2.54. The van der Waals surface area contributed by atoms with Crippen molar-refractivity contribution in [1.82, 2.24) is 0 Å². The molecule has 2 heteroatoms. The predicted octanol–water partition coefficient (Wildman–Crippen LogP) is 8.78. The minimum absolute atomic E-state index is 0.0329. The van der Waals surface area contributed by atoms with E-state index in [9.17, 15) is 4.79 Å². The maximum absolute atomic E-state index is 12.0. The third-order valence-electron chi connectivity index (χ3n) is 9.43. The van der Waals surface area contributed by atoms with Crippen LogP contribution in [0.25, 0.3) is 0 Å². The Kier molecular flexibility index (Phi) is 8.36. The van der Waals surface area contributed by atoms with Crippen LogP contribution in [0, 0.1) is 5.41 Å². The molecule has 2 nitrogen and oxygen atoms in total. The molecule has 182 valence electrons. The topological polar surface area (TPSA) is 26.3 Å². The summed E-state index contributed by atoms with van der Waals surface area (Å²) in [5, 5.41) is 0. The largest absolute Gasteiger partial charge is 0.462 e. The number of hydrogen-bond donors (Lipinski definition) is 0. The second-order valence-electron chi connectivity index (χ2n) is 11.4. The number of ether oxygens (including phenoxy) is 1. The summed E-state index contributed by atoms with van der Waals surface area (Å²) < 4.78 is 5.72. The van der Waals surface area contributed by atoms with E-state index in [0.717, 1.165) is 32.1 Å². The normalized spacial score (nSPS) is 31.7. The number of hydrogen-bond acceptors (Lipinski definition) is 2. The molecule has 4 aliphatic carbocycles. The molecule has 0 aliphatic heterocycles. The highest BCUT2D eigenvalue weighted by atomic mass is 16.5. The van der Waals surface area contributed by atoms with E-state index in [-0.39, 0.29) is 12.1 Å². The Balaban J connectivity index is 1.26. The van der Waals surface area contributed by atoms with Crippen LogP contribution in [0.4, 0.5) is 0 Å². The van der Waals surface area contributed by atoms with Gasteiger partial charge in [-0.25, -0.2) is 0 Å². The van der Waals surface area contributed by atoms with E-state index in [2.05, 4.69) is 31.2 Å². The van der Waals surface area contributed by atoms with Gasteiger partial charge in [0.15, 0.2) is 0 Å². The lowest BCUT2D eigenvalue weighted by atomic mass is 9.51. The maximum Gasteiger partial charge on any atom is 0.306 e.